The second-order valence-corrected chi connectivity index (χ2v) is 7.28. The summed E-state index contributed by atoms with van der Waals surface area (Å²) in [6.07, 6.45) is 4.56. The van der Waals surface area contributed by atoms with Gasteiger partial charge in [0.15, 0.2) is 0 Å². The third kappa shape index (κ3) is 2.51. The van der Waals surface area contributed by atoms with E-state index in [0.717, 1.165) is 35.6 Å². The Balaban J connectivity index is 1.65. The van der Waals surface area contributed by atoms with Crippen molar-refractivity contribution in [3.63, 3.8) is 0 Å². The summed E-state index contributed by atoms with van der Waals surface area (Å²) in [6.45, 7) is 6.93. The first-order valence-electron chi connectivity index (χ1n) is 9.19. The van der Waals surface area contributed by atoms with Crippen LogP contribution in [0.5, 0.6) is 0 Å². The molecule has 0 spiro atoms. The van der Waals surface area contributed by atoms with Crippen molar-refractivity contribution in [1.82, 2.24) is 29.8 Å². The smallest absolute Gasteiger partial charge is 0.319 e. The lowest BCUT2D eigenvalue weighted by atomic mass is 10.00. The van der Waals surface area contributed by atoms with E-state index in [2.05, 4.69) is 44.1 Å². The van der Waals surface area contributed by atoms with Crippen molar-refractivity contribution in [3.8, 4) is 0 Å². The van der Waals surface area contributed by atoms with Crippen LogP contribution in [0.15, 0.2) is 35.1 Å². The summed E-state index contributed by atoms with van der Waals surface area (Å²) in [5.74, 6) is 0.829. The highest BCUT2D eigenvalue weighted by atomic mass is 16.4. The van der Waals surface area contributed by atoms with Crippen molar-refractivity contribution in [2.24, 2.45) is 0 Å². The molecule has 0 fully saturated rings. The lowest BCUT2D eigenvalue weighted by Gasteiger charge is -2.32. The number of aromatic nitrogens is 6. The number of nitrogens with zero attached hydrogens (tertiary/aromatic N) is 6. The van der Waals surface area contributed by atoms with Crippen LogP contribution in [0.25, 0.3) is 5.52 Å². The number of fused-ring (bicyclic) bond motifs is 2. The van der Waals surface area contributed by atoms with E-state index in [1.54, 1.807) is 6.33 Å². The predicted molar refractivity (Wildman–Crippen MR) is 99.8 cm³/mol. The number of H-pyrrole nitrogens is 1. The Hall–Kier alpha value is -3.16. The van der Waals surface area contributed by atoms with E-state index in [-0.39, 0.29) is 12.0 Å². The molecule has 4 aromatic heterocycles. The van der Waals surface area contributed by atoms with E-state index in [4.69, 9.17) is 9.52 Å². The molecule has 5 rings (SSSR count). The van der Waals surface area contributed by atoms with Gasteiger partial charge in [0.05, 0.1) is 23.2 Å². The minimum absolute atomic E-state index is 0.167. The van der Waals surface area contributed by atoms with Gasteiger partial charge in [0.25, 0.3) is 0 Å². The first-order valence-corrected chi connectivity index (χ1v) is 9.19. The number of hydrogen-bond acceptors (Lipinski definition) is 6. The number of imidazole rings is 1. The molecule has 1 aliphatic heterocycles. The maximum absolute atomic E-state index is 5.96. The van der Waals surface area contributed by atoms with Gasteiger partial charge >= 0.3 is 6.01 Å². The third-order valence-electron chi connectivity index (χ3n) is 5.11. The Morgan fingerprint density at radius 2 is 2.19 bits per heavy atom. The fourth-order valence-electron chi connectivity index (χ4n) is 3.67. The Labute approximate surface area is 156 Å². The van der Waals surface area contributed by atoms with Crippen LogP contribution in [0.1, 0.15) is 54.3 Å². The Morgan fingerprint density at radius 3 is 2.96 bits per heavy atom. The summed E-state index contributed by atoms with van der Waals surface area (Å²) < 4.78 is 7.87. The van der Waals surface area contributed by atoms with Crippen molar-refractivity contribution in [2.75, 3.05) is 11.4 Å². The van der Waals surface area contributed by atoms with Crippen LogP contribution in [0.3, 0.4) is 0 Å². The highest BCUT2D eigenvalue weighted by Gasteiger charge is 2.36. The second kappa shape index (κ2) is 5.94. The van der Waals surface area contributed by atoms with E-state index < -0.39 is 0 Å². The molecule has 0 bridgehead atoms. The largest absolute Gasteiger partial charge is 0.408 e. The molecule has 0 saturated heterocycles. The van der Waals surface area contributed by atoms with Crippen molar-refractivity contribution < 1.29 is 4.42 Å². The topological polar surface area (TPSA) is 88.1 Å². The van der Waals surface area contributed by atoms with Gasteiger partial charge in [-0.05, 0) is 24.6 Å². The average molecular weight is 363 g/mol. The van der Waals surface area contributed by atoms with Crippen molar-refractivity contribution in [3.05, 3.63) is 59.3 Å². The van der Waals surface area contributed by atoms with E-state index in [1.807, 2.05) is 30.6 Å². The molecule has 5 heterocycles. The van der Waals surface area contributed by atoms with Crippen molar-refractivity contribution >= 4 is 11.5 Å². The molecule has 0 aliphatic carbocycles. The van der Waals surface area contributed by atoms with Crippen LogP contribution in [-0.4, -0.2) is 36.3 Å². The summed E-state index contributed by atoms with van der Waals surface area (Å²) in [5.41, 5.74) is 5.28. The molecule has 8 heteroatoms. The van der Waals surface area contributed by atoms with E-state index in [9.17, 15) is 0 Å². The molecule has 27 heavy (non-hydrogen) atoms. The molecule has 1 N–H and O–H groups in total. The third-order valence-corrected chi connectivity index (χ3v) is 5.11. The highest BCUT2D eigenvalue weighted by Crippen LogP contribution is 2.36. The SMILES string of the molecule is Cc1cccn2nc(C3c4nc[nH]c4CCN3c3nnc(C(C)C)o3)cc12. The molecule has 0 radical (unpaired) electrons. The van der Waals surface area contributed by atoms with Gasteiger partial charge in [-0.1, -0.05) is 25.0 Å². The van der Waals surface area contributed by atoms with Gasteiger partial charge in [-0.25, -0.2) is 9.50 Å². The maximum Gasteiger partial charge on any atom is 0.319 e. The molecular formula is C19H21N7O. The Bertz CT molecular complexity index is 1110. The van der Waals surface area contributed by atoms with Gasteiger partial charge in [-0.15, -0.1) is 5.10 Å². The van der Waals surface area contributed by atoms with Crippen LogP contribution in [0.2, 0.25) is 0 Å². The van der Waals surface area contributed by atoms with Crippen LogP contribution in [0, 0.1) is 6.92 Å². The minimum atomic E-state index is -0.167. The van der Waals surface area contributed by atoms with Crippen molar-refractivity contribution in [2.45, 2.75) is 39.2 Å². The molecule has 0 aromatic carbocycles. The van der Waals surface area contributed by atoms with Gasteiger partial charge in [0, 0.05) is 30.8 Å². The summed E-state index contributed by atoms with van der Waals surface area (Å²) in [7, 11) is 0. The molecule has 0 amide bonds. The fourth-order valence-corrected chi connectivity index (χ4v) is 3.67. The van der Waals surface area contributed by atoms with Crippen LogP contribution in [0.4, 0.5) is 6.01 Å². The zero-order chi connectivity index (χ0) is 18.5. The van der Waals surface area contributed by atoms with E-state index in [1.165, 1.54) is 5.56 Å². The Morgan fingerprint density at radius 1 is 1.30 bits per heavy atom. The summed E-state index contributed by atoms with van der Waals surface area (Å²) in [5, 5.41) is 13.3. The van der Waals surface area contributed by atoms with Gasteiger partial charge in [0.1, 0.15) is 6.04 Å². The molecule has 1 atom stereocenters. The van der Waals surface area contributed by atoms with E-state index in [0.29, 0.717) is 11.9 Å². The number of rotatable bonds is 3. The number of nitrogens with one attached hydrogen (secondary N) is 1. The standard InChI is InChI=1S/C19H21N7O/c1-11(2)18-22-23-19(27-18)25-8-6-13-16(21-10-20-13)17(25)14-9-15-12(3)5-4-7-26(15)24-14/h4-5,7,9-11,17H,6,8H2,1-3H3,(H,20,21). The number of aryl methyl sites for hydroxylation is 1. The van der Waals surface area contributed by atoms with Gasteiger partial charge in [-0.2, -0.15) is 5.10 Å². The first-order chi connectivity index (χ1) is 13.1. The van der Waals surface area contributed by atoms with Gasteiger partial charge in [0.2, 0.25) is 5.89 Å². The number of hydrogen-bond donors (Lipinski definition) is 1. The minimum Gasteiger partial charge on any atom is -0.408 e. The predicted octanol–water partition coefficient (Wildman–Crippen LogP) is 3.02. The molecule has 8 nitrogen and oxygen atoms in total. The summed E-state index contributed by atoms with van der Waals surface area (Å²) in [6, 6.07) is 6.57. The summed E-state index contributed by atoms with van der Waals surface area (Å²) >= 11 is 0. The van der Waals surface area contributed by atoms with E-state index >= 15 is 0 Å². The first kappa shape index (κ1) is 16.0. The number of anilines is 1. The zero-order valence-electron chi connectivity index (χ0n) is 15.5. The van der Waals surface area contributed by atoms with Gasteiger partial charge < -0.3 is 14.3 Å². The highest BCUT2D eigenvalue weighted by molar-refractivity contribution is 5.56. The second-order valence-electron chi connectivity index (χ2n) is 7.28. The molecular weight excluding hydrogens is 342 g/mol. The maximum atomic E-state index is 5.96. The average Bonchev–Trinajstić information content (AvgIpc) is 3.39. The lowest BCUT2D eigenvalue weighted by Crippen LogP contribution is -2.36. The summed E-state index contributed by atoms with van der Waals surface area (Å²) in [4.78, 5) is 9.96. The van der Waals surface area contributed by atoms with Crippen LogP contribution < -0.4 is 4.90 Å². The molecule has 4 aromatic rings. The quantitative estimate of drug-likeness (QED) is 0.602. The monoisotopic (exact) mass is 363 g/mol. The lowest BCUT2D eigenvalue weighted by molar-refractivity contribution is 0.446. The van der Waals surface area contributed by atoms with Crippen LogP contribution >= 0.6 is 0 Å². The van der Waals surface area contributed by atoms with Gasteiger partial charge in [-0.3, -0.25) is 0 Å². The molecule has 1 aliphatic rings. The number of pyridine rings is 1. The normalized spacial score (nSPS) is 17.0. The number of aromatic amines is 1. The molecule has 1 unspecified atom stereocenters. The molecule has 138 valence electrons. The van der Waals surface area contributed by atoms with Crippen LogP contribution in [-0.2, 0) is 6.42 Å². The Kier molecular flexibility index (Phi) is 3.53. The zero-order valence-corrected chi connectivity index (χ0v) is 15.5. The van der Waals surface area contributed by atoms with Crippen molar-refractivity contribution in [1.29, 1.82) is 0 Å². The fraction of sp³-hybridized carbons (Fsp3) is 0.368. The molecule has 0 saturated carbocycles.